The zero-order valence-corrected chi connectivity index (χ0v) is 12.6. The second-order valence-electron chi connectivity index (χ2n) is 5.16. The van der Waals surface area contributed by atoms with Crippen LogP contribution in [0.15, 0.2) is 0 Å². The molecule has 1 saturated carbocycles. The van der Waals surface area contributed by atoms with Gasteiger partial charge in [-0.1, -0.05) is 6.42 Å². The predicted octanol–water partition coefficient (Wildman–Crippen LogP) is 3.03. The van der Waals surface area contributed by atoms with Gasteiger partial charge < -0.3 is 9.55 Å². The van der Waals surface area contributed by atoms with Crippen molar-refractivity contribution in [3.63, 3.8) is 0 Å². The molecule has 0 bridgehead atoms. The van der Waals surface area contributed by atoms with Crippen LogP contribution in [0.2, 0.25) is 0 Å². The van der Waals surface area contributed by atoms with Crippen molar-refractivity contribution < 1.29 is 0 Å². The van der Waals surface area contributed by atoms with Gasteiger partial charge in [-0.2, -0.15) is 16.9 Å². The van der Waals surface area contributed by atoms with Crippen LogP contribution in [0.1, 0.15) is 25.0 Å². The lowest BCUT2D eigenvalue weighted by Crippen LogP contribution is -2.37. The molecule has 2 aromatic rings. The maximum absolute atomic E-state index is 5.47. The van der Waals surface area contributed by atoms with Crippen molar-refractivity contribution in [3.8, 4) is 0 Å². The van der Waals surface area contributed by atoms with Crippen molar-refractivity contribution in [2.24, 2.45) is 7.05 Å². The van der Waals surface area contributed by atoms with E-state index in [4.69, 9.17) is 12.2 Å². The van der Waals surface area contributed by atoms with Gasteiger partial charge in [-0.15, -0.1) is 0 Å². The molecule has 4 nitrogen and oxygen atoms in total. The lowest BCUT2D eigenvalue weighted by molar-refractivity contribution is 0.322. The van der Waals surface area contributed by atoms with Crippen LogP contribution in [0.3, 0.4) is 0 Å². The number of rotatable bonds is 3. The fraction of sp³-hybridized carbons (Fsp3) is 0.667. The number of thioether (sulfide) groups is 1. The first-order chi connectivity index (χ1) is 8.56. The number of hydrogen-bond acceptors (Lipinski definition) is 3. The summed E-state index contributed by atoms with van der Waals surface area (Å²) in [5.74, 6) is 0. The van der Waals surface area contributed by atoms with Gasteiger partial charge in [0.1, 0.15) is 5.52 Å². The van der Waals surface area contributed by atoms with Gasteiger partial charge in [0, 0.05) is 18.3 Å². The largest absolute Gasteiger partial charge is 0.328 e. The number of fused-ring (bicyclic) bond motifs is 1. The van der Waals surface area contributed by atoms with Gasteiger partial charge in [-0.25, -0.2) is 0 Å². The van der Waals surface area contributed by atoms with E-state index < -0.39 is 0 Å². The third-order valence-electron chi connectivity index (χ3n) is 4.07. The Morgan fingerprint density at radius 1 is 1.50 bits per heavy atom. The molecular weight excluding hydrogens is 264 g/mol. The molecule has 0 unspecified atom stereocenters. The lowest BCUT2D eigenvalue weighted by atomic mass is 9.84. The minimum atomic E-state index is 0.380. The molecule has 98 valence electrons. The Kier molecular flexibility index (Phi) is 2.82. The maximum atomic E-state index is 5.47. The summed E-state index contributed by atoms with van der Waals surface area (Å²) < 4.78 is 5.36. The summed E-state index contributed by atoms with van der Waals surface area (Å²) in [7, 11) is 1.99. The Balaban J connectivity index is 2.11. The highest BCUT2D eigenvalue weighted by Crippen LogP contribution is 2.44. The fourth-order valence-corrected chi connectivity index (χ4v) is 4.01. The first kappa shape index (κ1) is 12.3. The van der Waals surface area contributed by atoms with Crippen molar-refractivity contribution >= 4 is 35.1 Å². The smallest absolute Gasteiger partial charge is 0.179 e. The summed E-state index contributed by atoms with van der Waals surface area (Å²) in [5.41, 5.74) is 3.22. The van der Waals surface area contributed by atoms with E-state index in [9.17, 15) is 0 Å². The minimum absolute atomic E-state index is 0.380. The van der Waals surface area contributed by atoms with Gasteiger partial charge in [-0.3, -0.25) is 4.68 Å². The third kappa shape index (κ3) is 1.66. The van der Waals surface area contributed by atoms with E-state index in [2.05, 4.69) is 20.9 Å². The Bertz CT molecular complexity index is 639. The Morgan fingerprint density at radius 2 is 2.22 bits per heavy atom. The summed E-state index contributed by atoms with van der Waals surface area (Å²) in [6.07, 6.45) is 6.13. The van der Waals surface area contributed by atoms with E-state index in [-0.39, 0.29) is 0 Å². The zero-order chi connectivity index (χ0) is 12.9. The zero-order valence-electron chi connectivity index (χ0n) is 11.0. The highest BCUT2D eigenvalue weighted by Gasteiger charge is 2.37. The molecule has 6 heteroatoms. The average Bonchev–Trinajstić information content (AvgIpc) is 2.73. The molecule has 1 aliphatic carbocycles. The number of nitrogens with one attached hydrogen (secondary N) is 1. The number of imidazole rings is 1. The number of H-pyrrole nitrogens is 1. The molecule has 1 aliphatic rings. The number of hydrogen-bond donors (Lipinski definition) is 1. The number of aromatic nitrogens is 4. The molecular formula is C12H18N4S2. The van der Waals surface area contributed by atoms with Gasteiger partial charge in [-0.05, 0) is 38.2 Å². The Labute approximate surface area is 116 Å². The first-order valence-electron chi connectivity index (χ1n) is 6.24. The normalized spacial score (nSPS) is 18.2. The van der Waals surface area contributed by atoms with E-state index in [0.29, 0.717) is 4.75 Å². The Hall–Kier alpha value is -0.750. The molecule has 2 heterocycles. The van der Waals surface area contributed by atoms with Crippen LogP contribution in [0.5, 0.6) is 0 Å². The van der Waals surface area contributed by atoms with Crippen molar-refractivity contribution in [2.45, 2.75) is 37.5 Å². The second-order valence-corrected chi connectivity index (χ2v) is 6.83. The number of nitrogens with zero attached hydrogens (tertiary/aromatic N) is 3. The topological polar surface area (TPSA) is 38.5 Å². The fourth-order valence-electron chi connectivity index (χ4n) is 2.81. The second kappa shape index (κ2) is 4.13. The molecule has 0 radical (unpaired) electrons. The van der Waals surface area contributed by atoms with Crippen molar-refractivity contribution in [1.82, 2.24) is 19.3 Å². The van der Waals surface area contributed by atoms with Crippen LogP contribution in [0, 0.1) is 11.7 Å². The van der Waals surface area contributed by atoms with Crippen LogP contribution in [0.25, 0.3) is 11.2 Å². The average molecular weight is 282 g/mol. The molecule has 0 atom stereocenters. The van der Waals surface area contributed by atoms with Crippen LogP contribution < -0.4 is 0 Å². The lowest BCUT2D eigenvalue weighted by Gasteiger charge is -2.40. The summed E-state index contributed by atoms with van der Waals surface area (Å²) in [5, 5.41) is 4.46. The van der Waals surface area contributed by atoms with Crippen LogP contribution >= 0.6 is 24.0 Å². The molecule has 1 fully saturated rings. The van der Waals surface area contributed by atoms with E-state index in [1.54, 1.807) is 0 Å². The first-order valence-corrected chi connectivity index (χ1v) is 7.87. The molecule has 18 heavy (non-hydrogen) atoms. The monoisotopic (exact) mass is 282 g/mol. The highest BCUT2D eigenvalue weighted by atomic mass is 32.2. The number of aromatic amines is 1. The summed E-state index contributed by atoms with van der Waals surface area (Å²) in [6.45, 7) is 3.01. The van der Waals surface area contributed by atoms with Gasteiger partial charge >= 0.3 is 0 Å². The summed E-state index contributed by atoms with van der Waals surface area (Å²) in [6, 6.07) is 0. The molecule has 1 N–H and O–H groups in total. The SMILES string of the molecule is CSC1(Cn2c(=S)[nH]c3c(C)nn(C)c32)CCC1. The van der Waals surface area contributed by atoms with Crippen molar-refractivity contribution in [2.75, 3.05) is 6.26 Å². The Morgan fingerprint density at radius 3 is 2.78 bits per heavy atom. The van der Waals surface area contributed by atoms with Gasteiger partial charge in [0.05, 0.1) is 5.69 Å². The molecule has 2 aromatic heterocycles. The summed E-state index contributed by atoms with van der Waals surface area (Å²) in [4.78, 5) is 3.30. The maximum Gasteiger partial charge on any atom is 0.179 e. The van der Waals surface area contributed by atoms with Crippen LogP contribution in [-0.2, 0) is 13.6 Å². The summed E-state index contributed by atoms with van der Waals surface area (Å²) >= 11 is 7.45. The highest BCUT2D eigenvalue weighted by molar-refractivity contribution is 8.00. The van der Waals surface area contributed by atoms with Crippen LogP contribution in [-0.4, -0.2) is 30.3 Å². The quantitative estimate of drug-likeness (QED) is 0.880. The molecule has 3 rings (SSSR count). The molecule has 0 aromatic carbocycles. The van der Waals surface area contributed by atoms with Gasteiger partial charge in [0.15, 0.2) is 10.4 Å². The minimum Gasteiger partial charge on any atom is -0.328 e. The van der Waals surface area contributed by atoms with Crippen molar-refractivity contribution in [3.05, 3.63) is 10.5 Å². The third-order valence-corrected chi connectivity index (χ3v) is 5.79. The molecule has 0 aliphatic heterocycles. The van der Waals surface area contributed by atoms with E-state index in [0.717, 1.165) is 28.2 Å². The van der Waals surface area contributed by atoms with Gasteiger partial charge in [0.2, 0.25) is 0 Å². The molecule has 0 spiro atoms. The van der Waals surface area contributed by atoms with Crippen molar-refractivity contribution in [1.29, 1.82) is 0 Å². The number of aryl methyl sites for hydroxylation is 2. The molecule has 0 amide bonds. The van der Waals surface area contributed by atoms with E-state index >= 15 is 0 Å². The van der Waals surface area contributed by atoms with E-state index in [1.165, 1.54) is 19.3 Å². The van der Waals surface area contributed by atoms with E-state index in [1.807, 2.05) is 30.4 Å². The van der Waals surface area contributed by atoms with Gasteiger partial charge in [0.25, 0.3) is 0 Å². The standard InChI is InChI=1S/C12H18N4S2/c1-8-9-10(15(2)14-8)16(11(17)13-9)7-12(18-3)5-4-6-12/h4-7H2,1-3H3,(H,13,17). The predicted molar refractivity (Wildman–Crippen MR) is 78.7 cm³/mol. The van der Waals surface area contributed by atoms with Crippen LogP contribution in [0.4, 0.5) is 0 Å². The molecule has 0 saturated heterocycles.